The molecule has 4 nitrogen and oxygen atoms in total. The zero-order chi connectivity index (χ0) is 10.7. The molecule has 1 aliphatic rings. The van der Waals surface area contributed by atoms with Crippen molar-refractivity contribution in [2.45, 2.75) is 6.54 Å². The Hall–Kier alpha value is -1.26. The molecule has 88 valence electrons. The second kappa shape index (κ2) is 5.72. The smallest absolute Gasteiger partial charge is 0.234 e. The average molecular weight is 242 g/mol. The second-order valence-electron chi connectivity index (χ2n) is 3.81. The Balaban J connectivity index is 0.00000128. The molecule has 16 heavy (non-hydrogen) atoms. The van der Waals surface area contributed by atoms with E-state index in [-0.39, 0.29) is 18.3 Å². The Morgan fingerprint density at radius 2 is 2.25 bits per heavy atom. The summed E-state index contributed by atoms with van der Waals surface area (Å²) in [4.78, 5) is 13.3. The highest BCUT2D eigenvalue weighted by Crippen LogP contribution is 2.09. The van der Waals surface area contributed by atoms with Crippen molar-refractivity contribution in [2.75, 3.05) is 25.4 Å². The minimum atomic E-state index is 0. The largest absolute Gasteiger partial charge is 0.399 e. The van der Waals surface area contributed by atoms with Crippen LogP contribution in [0.3, 0.4) is 0 Å². The number of benzene rings is 1. The molecule has 2 rings (SSSR count). The maximum absolute atomic E-state index is 11.2. The first-order chi connectivity index (χ1) is 7.24. The molecule has 0 bridgehead atoms. The van der Waals surface area contributed by atoms with E-state index in [0.717, 1.165) is 30.9 Å². The van der Waals surface area contributed by atoms with Crippen molar-refractivity contribution in [3.05, 3.63) is 29.8 Å². The molecule has 0 radical (unpaired) electrons. The zero-order valence-corrected chi connectivity index (χ0v) is 9.80. The third-order valence-electron chi connectivity index (χ3n) is 2.47. The van der Waals surface area contributed by atoms with Gasteiger partial charge in [-0.15, -0.1) is 12.4 Å². The molecular weight excluding hydrogens is 226 g/mol. The van der Waals surface area contributed by atoms with E-state index in [1.807, 2.05) is 24.3 Å². The molecule has 1 fully saturated rings. The summed E-state index contributed by atoms with van der Waals surface area (Å²) < 4.78 is 0. The van der Waals surface area contributed by atoms with Gasteiger partial charge in [0, 0.05) is 25.3 Å². The van der Waals surface area contributed by atoms with Crippen molar-refractivity contribution in [1.29, 1.82) is 0 Å². The fourth-order valence-electron chi connectivity index (χ4n) is 1.78. The third-order valence-corrected chi connectivity index (χ3v) is 2.47. The Labute approximate surface area is 101 Å². The number of piperazine rings is 1. The Kier molecular flexibility index (Phi) is 4.58. The van der Waals surface area contributed by atoms with Gasteiger partial charge in [-0.05, 0) is 17.7 Å². The van der Waals surface area contributed by atoms with E-state index in [1.165, 1.54) is 0 Å². The molecule has 1 amide bonds. The summed E-state index contributed by atoms with van der Waals surface area (Å²) in [7, 11) is 0. The molecular formula is C11H16ClN3O. The maximum Gasteiger partial charge on any atom is 0.234 e. The quantitative estimate of drug-likeness (QED) is 0.747. The van der Waals surface area contributed by atoms with Gasteiger partial charge in [-0.2, -0.15) is 0 Å². The van der Waals surface area contributed by atoms with Crippen molar-refractivity contribution in [3.8, 4) is 0 Å². The van der Waals surface area contributed by atoms with E-state index in [9.17, 15) is 4.79 Å². The lowest BCUT2D eigenvalue weighted by molar-refractivity contribution is -0.124. The number of nitrogen functional groups attached to an aromatic ring is 1. The second-order valence-corrected chi connectivity index (χ2v) is 3.81. The Morgan fingerprint density at radius 1 is 1.44 bits per heavy atom. The van der Waals surface area contributed by atoms with E-state index in [4.69, 9.17) is 5.73 Å². The first-order valence-electron chi connectivity index (χ1n) is 5.07. The predicted molar refractivity (Wildman–Crippen MR) is 66.4 cm³/mol. The summed E-state index contributed by atoms with van der Waals surface area (Å²) >= 11 is 0. The number of hydrogen-bond donors (Lipinski definition) is 2. The van der Waals surface area contributed by atoms with Gasteiger partial charge in [-0.3, -0.25) is 9.69 Å². The van der Waals surface area contributed by atoms with Crippen LogP contribution in [0.1, 0.15) is 5.56 Å². The number of nitrogens with two attached hydrogens (primary N) is 1. The van der Waals surface area contributed by atoms with Crippen LogP contribution in [0.5, 0.6) is 0 Å². The van der Waals surface area contributed by atoms with Gasteiger partial charge in [0.05, 0.1) is 6.54 Å². The Morgan fingerprint density at radius 3 is 2.94 bits per heavy atom. The number of amides is 1. The van der Waals surface area contributed by atoms with Crippen LogP contribution in [0.4, 0.5) is 5.69 Å². The standard InChI is InChI=1S/C11H15N3O.ClH/c12-10-3-1-2-9(6-10)7-14-5-4-13-11(15)8-14;/h1-3,6H,4-5,7-8,12H2,(H,13,15);1H. The summed E-state index contributed by atoms with van der Waals surface area (Å²) in [5, 5.41) is 2.80. The Bertz CT molecular complexity index is 370. The van der Waals surface area contributed by atoms with Crippen LogP contribution in [0.2, 0.25) is 0 Å². The fourth-order valence-corrected chi connectivity index (χ4v) is 1.78. The molecule has 0 aromatic heterocycles. The monoisotopic (exact) mass is 241 g/mol. The average Bonchev–Trinajstić information content (AvgIpc) is 2.17. The summed E-state index contributed by atoms with van der Waals surface area (Å²) in [6.07, 6.45) is 0. The molecule has 3 N–H and O–H groups in total. The van der Waals surface area contributed by atoms with Gasteiger partial charge >= 0.3 is 0 Å². The lowest BCUT2D eigenvalue weighted by atomic mass is 10.2. The fraction of sp³-hybridized carbons (Fsp3) is 0.364. The van der Waals surface area contributed by atoms with E-state index in [0.29, 0.717) is 6.54 Å². The molecule has 1 aromatic carbocycles. The van der Waals surface area contributed by atoms with Crippen LogP contribution in [0.15, 0.2) is 24.3 Å². The molecule has 0 spiro atoms. The highest BCUT2D eigenvalue weighted by Gasteiger charge is 2.15. The maximum atomic E-state index is 11.2. The summed E-state index contributed by atoms with van der Waals surface area (Å²) in [5.41, 5.74) is 7.62. The van der Waals surface area contributed by atoms with Crippen LogP contribution in [-0.2, 0) is 11.3 Å². The first-order valence-corrected chi connectivity index (χ1v) is 5.07. The number of carbonyl (C=O) groups is 1. The van der Waals surface area contributed by atoms with Gasteiger partial charge in [0.15, 0.2) is 0 Å². The topological polar surface area (TPSA) is 58.4 Å². The van der Waals surface area contributed by atoms with Crippen molar-refractivity contribution in [2.24, 2.45) is 0 Å². The van der Waals surface area contributed by atoms with E-state index >= 15 is 0 Å². The van der Waals surface area contributed by atoms with Gasteiger partial charge in [0.1, 0.15) is 0 Å². The van der Waals surface area contributed by atoms with Crippen LogP contribution in [0.25, 0.3) is 0 Å². The predicted octanol–water partition coefficient (Wildman–Crippen LogP) is 0.622. The summed E-state index contributed by atoms with van der Waals surface area (Å²) in [6.45, 7) is 2.91. The first kappa shape index (κ1) is 12.8. The summed E-state index contributed by atoms with van der Waals surface area (Å²) in [5.74, 6) is 0.102. The number of rotatable bonds is 2. The number of nitrogens with zero attached hydrogens (tertiary/aromatic N) is 1. The number of carbonyl (C=O) groups excluding carboxylic acids is 1. The minimum absolute atomic E-state index is 0. The van der Waals surface area contributed by atoms with Crippen molar-refractivity contribution < 1.29 is 4.79 Å². The van der Waals surface area contributed by atoms with E-state index in [1.54, 1.807) is 0 Å². The van der Waals surface area contributed by atoms with Crippen LogP contribution >= 0.6 is 12.4 Å². The van der Waals surface area contributed by atoms with Gasteiger partial charge in [-0.25, -0.2) is 0 Å². The highest BCUT2D eigenvalue weighted by atomic mass is 35.5. The van der Waals surface area contributed by atoms with Crippen LogP contribution in [0, 0.1) is 0 Å². The third kappa shape index (κ3) is 3.40. The molecule has 5 heteroatoms. The number of hydrogen-bond acceptors (Lipinski definition) is 3. The molecule has 0 saturated carbocycles. The molecule has 0 aliphatic carbocycles. The normalized spacial score (nSPS) is 16.4. The molecule has 1 aromatic rings. The molecule has 1 aliphatic heterocycles. The molecule has 0 unspecified atom stereocenters. The lowest BCUT2D eigenvalue weighted by Crippen LogP contribution is -2.47. The van der Waals surface area contributed by atoms with E-state index < -0.39 is 0 Å². The van der Waals surface area contributed by atoms with E-state index in [2.05, 4.69) is 10.2 Å². The van der Waals surface area contributed by atoms with Gasteiger partial charge in [0.25, 0.3) is 0 Å². The molecule has 1 heterocycles. The minimum Gasteiger partial charge on any atom is -0.399 e. The number of halogens is 1. The van der Waals surface area contributed by atoms with Gasteiger partial charge < -0.3 is 11.1 Å². The van der Waals surface area contributed by atoms with Crippen LogP contribution in [-0.4, -0.2) is 30.4 Å². The lowest BCUT2D eigenvalue weighted by Gasteiger charge is -2.26. The number of nitrogens with one attached hydrogen (secondary N) is 1. The zero-order valence-electron chi connectivity index (χ0n) is 8.98. The molecule has 0 atom stereocenters. The summed E-state index contributed by atoms with van der Waals surface area (Å²) in [6, 6.07) is 7.79. The number of anilines is 1. The SMILES string of the molecule is Cl.Nc1cccc(CN2CCNC(=O)C2)c1. The van der Waals surface area contributed by atoms with Gasteiger partial charge in [-0.1, -0.05) is 12.1 Å². The van der Waals surface area contributed by atoms with Gasteiger partial charge in [0.2, 0.25) is 5.91 Å². The highest BCUT2D eigenvalue weighted by molar-refractivity contribution is 5.85. The van der Waals surface area contributed by atoms with Crippen LogP contribution < -0.4 is 11.1 Å². The molecule has 1 saturated heterocycles. The van der Waals surface area contributed by atoms with Crippen molar-refractivity contribution in [3.63, 3.8) is 0 Å². The van der Waals surface area contributed by atoms with Crippen molar-refractivity contribution in [1.82, 2.24) is 10.2 Å². The van der Waals surface area contributed by atoms with Crippen molar-refractivity contribution >= 4 is 24.0 Å².